The molecule has 0 saturated carbocycles. The van der Waals surface area contributed by atoms with Crippen LogP contribution in [0.15, 0.2) is 58.2 Å². The first-order valence-corrected chi connectivity index (χ1v) is 8.84. The maximum Gasteiger partial charge on any atom is 0.130 e. The smallest absolute Gasteiger partial charge is 0.130 e. The molecular weight excluding hydrogens is 308 g/mol. The highest BCUT2D eigenvalue weighted by atomic mass is 15.3. The summed E-state index contributed by atoms with van der Waals surface area (Å²) in [7, 11) is 4.22. The minimum absolute atomic E-state index is 0.169. The molecule has 2 aromatic carbocycles. The van der Waals surface area contributed by atoms with Crippen molar-refractivity contribution in [3.05, 3.63) is 53.7 Å². The number of rotatable bonds is 3. The van der Waals surface area contributed by atoms with E-state index in [2.05, 4.69) is 73.3 Å². The molecule has 128 valence electrons. The van der Waals surface area contributed by atoms with Gasteiger partial charge >= 0.3 is 0 Å². The van der Waals surface area contributed by atoms with Crippen LogP contribution in [0, 0.1) is 12.8 Å². The monoisotopic (exact) mass is 332 g/mol. The normalized spacial score (nSPS) is 22.5. The van der Waals surface area contributed by atoms with Crippen LogP contribution in [0.5, 0.6) is 0 Å². The average Bonchev–Trinajstić information content (AvgIpc) is 3.03. The van der Waals surface area contributed by atoms with Gasteiger partial charge in [0.15, 0.2) is 0 Å². The fourth-order valence-electron chi connectivity index (χ4n) is 3.98. The Morgan fingerprint density at radius 2 is 2.00 bits per heavy atom. The van der Waals surface area contributed by atoms with Gasteiger partial charge in [0, 0.05) is 43.9 Å². The first kappa shape index (κ1) is 15.9. The van der Waals surface area contributed by atoms with E-state index in [9.17, 15) is 0 Å². The van der Waals surface area contributed by atoms with Gasteiger partial charge in [-0.25, -0.2) is 4.99 Å². The van der Waals surface area contributed by atoms with E-state index in [1.165, 1.54) is 22.0 Å². The van der Waals surface area contributed by atoms with Crippen LogP contribution < -0.4 is 0 Å². The van der Waals surface area contributed by atoms with Crippen molar-refractivity contribution in [3.63, 3.8) is 0 Å². The Balaban J connectivity index is 1.62. The van der Waals surface area contributed by atoms with Crippen LogP contribution in [0.25, 0.3) is 10.8 Å². The molecule has 2 aromatic rings. The molecule has 4 heteroatoms. The van der Waals surface area contributed by atoms with Gasteiger partial charge in [-0.1, -0.05) is 30.3 Å². The van der Waals surface area contributed by atoms with Crippen molar-refractivity contribution in [2.75, 3.05) is 20.6 Å². The van der Waals surface area contributed by atoms with E-state index in [1.54, 1.807) is 0 Å². The van der Waals surface area contributed by atoms with Crippen LogP contribution in [0.4, 0.5) is 5.69 Å². The molecule has 2 aliphatic heterocycles. The zero-order valence-electron chi connectivity index (χ0n) is 15.1. The van der Waals surface area contributed by atoms with Gasteiger partial charge in [-0.05, 0) is 36.4 Å². The van der Waals surface area contributed by atoms with E-state index in [0.717, 1.165) is 18.7 Å². The van der Waals surface area contributed by atoms with Crippen LogP contribution >= 0.6 is 0 Å². The number of dihydropyridines is 1. The van der Waals surface area contributed by atoms with Crippen LogP contribution in [0.1, 0.15) is 12.0 Å². The van der Waals surface area contributed by atoms with Gasteiger partial charge in [0.05, 0.1) is 12.0 Å². The summed E-state index contributed by atoms with van der Waals surface area (Å²) in [6, 6.07) is 12.7. The van der Waals surface area contributed by atoms with Gasteiger partial charge in [0.1, 0.15) is 6.17 Å². The molecule has 0 radical (unpaired) electrons. The molecule has 1 fully saturated rings. The lowest BCUT2D eigenvalue weighted by Crippen LogP contribution is -2.35. The fraction of sp³-hybridized carbons (Fsp3) is 0.333. The lowest BCUT2D eigenvalue weighted by molar-refractivity contribution is 0.329. The zero-order valence-corrected chi connectivity index (χ0v) is 15.1. The Hall–Kier alpha value is -2.62. The molecule has 0 amide bonds. The third-order valence-corrected chi connectivity index (χ3v) is 5.21. The largest absolute Gasteiger partial charge is 0.381 e. The number of benzene rings is 2. The van der Waals surface area contributed by atoms with E-state index in [1.807, 2.05) is 12.6 Å². The highest BCUT2D eigenvalue weighted by molar-refractivity contribution is 5.96. The number of allylic oxidation sites excluding steroid dienone is 1. The number of hydrogen-bond acceptors (Lipinski definition) is 3. The molecule has 2 heterocycles. The second-order valence-electron chi connectivity index (χ2n) is 7.03. The topological polar surface area (TPSA) is 31.2 Å². The average molecular weight is 332 g/mol. The van der Waals surface area contributed by atoms with Crippen LogP contribution in [-0.4, -0.2) is 49.2 Å². The Bertz CT molecular complexity index is 873. The number of fused-ring (bicyclic) bond motifs is 2. The second-order valence-corrected chi connectivity index (χ2v) is 7.03. The number of likely N-dealkylation sites (tertiary alicyclic amines) is 1. The minimum atomic E-state index is 0.169. The lowest BCUT2D eigenvalue weighted by atomic mass is 9.99. The molecule has 25 heavy (non-hydrogen) atoms. The molecule has 0 N–H and O–H groups in total. The minimum Gasteiger partial charge on any atom is -0.381 e. The Morgan fingerprint density at radius 3 is 2.80 bits per heavy atom. The summed E-state index contributed by atoms with van der Waals surface area (Å²) in [5.74, 6) is 0.459. The first-order valence-electron chi connectivity index (χ1n) is 8.84. The van der Waals surface area contributed by atoms with Crippen molar-refractivity contribution in [3.8, 4) is 0 Å². The van der Waals surface area contributed by atoms with E-state index in [0.29, 0.717) is 5.92 Å². The number of aryl methyl sites for hydroxylation is 1. The summed E-state index contributed by atoms with van der Waals surface area (Å²) in [6.07, 6.45) is 7.34. The molecule has 2 aliphatic rings. The fourth-order valence-corrected chi connectivity index (χ4v) is 3.98. The van der Waals surface area contributed by atoms with Gasteiger partial charge in [-0.3, -0.25) is 4.99 Å². The molecule has 0 bridgehead atoms. The van der Waals surface area contributed by atoms with Gasteiger partial charge < -0.3 is 9.80 Å². The Morgan fingerprint density at radius 1 is 1.20 bits per heavy atom. The quantitative estimate of drug-likeness (QED) is 0.629. The predicted octanol–water partition coefficient (Wildman–Crippen LogP) is 3.99. The summed E-state index contributed by atoms with van der Waals surface area (Å²) in [5.41, 5.74) is 3.65. The standard InChI is InChI=1S/C21H24N4/c1-15-6-4-7-16-8-5-9-18(20(15)16)23-14-25-13-11-17-19(24(2)3)10-12-22-21(17)25/h4-10,12,14,17,21H,11,13H2,1-3H3. The van der Waals surface area contributed by atoms with E-state index in [-0.39, 0.29) is 6.17 Å². The summed E-state index contributed by atoms with van der Waals surface area (Å²) in [4.78, 5) is 14.0. The number of aliphatic imine (C=N–C) groups is 2. The molecule has 0 aliphatic carbocycles. The lowest BCUT2D eigenvalue weighted by Gasteiger charge is -2.30. The molecule has 4 rings (SSSR count). The van der Waals surface area contributed by atoms with Crippen molar-refractivity contribution >= 4 is 29.0 Å². The summed E-state index contributed by atoms with van der Waals surface area (Å²) in [5, 5.41) is 2.47. The highest BCUT2D eigenvalue weighted by Gasteiger charge is 2.36. The third kappa shape index (κ3) is 2.82. The van der Waals surface area contributed by atoms with Gasteiger partial charge in [-0.2, -0.15) is 0 Å². The van der Waals surface area contributed by atoms with E-state index in [4.69, 9.17) is 9.98 Å². The van der Waals surface area contributed by atoms with Crippen LogP contribution in [-0.2, 0) is 0 Å². The summed E-state index contributed by atoms with van der Waals surface area (Å²) < 4.78 is 0. The first-order chi connectivity index (χ1) is 12.1. The Kier molecular flexibility index (Phi) is 4.04. The van der Waals surface area contributed by atoms with Gasteiger partial charge in [-0.15, -0.1) is 0 Å². The molecule has 4 nitrogen and oxygen atoms in total. The maximum atomic E-state index is 4.83. The van der Waals surface area contributed by atoms with Gasteiger partial charge in [0.2, 0.25) is 0 Å². The van der Waals surface area contributed by atoms with Crippen molar-refractivity contribution in [2.24, 2.45) is 15.9 Å². The molecule has 1 saturated heterocycles. The van der Waals surface area contributed by atoms with E-state index >= 15 is 0 Å². The molecule has 2 atom stereocenters. The van der Waals surface area contributed by atoms with Crippen molar-refractivity contribution < 1.29 is 0 Å². The van der Waals surface area contributed by atoms with Crippen molar-refractivity contribution in [2.45, 2.75) is 19.5 Å². The SMILES string of the molecule is Cc1cccc2cccc(N=CN3CCC4C(N(C)C)=CC=NC43)c12. The number of hydrogen-bond donors (Lipinski definition) is 0. The van der Waals surface area contributed by atoms with Crippen molar-refractivity contribution in [1.82, 2.24) is 9.80 Å². The molecule has 0 spiro atoms. The molecule has 2 unspecified atom stereocenters. The maximum absolute atomic E-state index is 4.83. The molecule has 0 aromatic heterocycles. The van der Waals surface area contributed by atoms with Crippen LogP contribution in [0.2, 0.25) is 0 Å². The van der Waals surface area contributed by atoms with Crippen LogP contribution in [0.3, 0.4) is 0 Å². The Labute approximate surface area is 149 Å². The highest BCUT2D eigenvalue weighted by Crippen LogP contribution is 2.34. The molecular formula is C21H24N4. The number of nitrogens with zero attached hydrogens (tertiary/aromatic N) is 4. The van der Waals surface area contributed by atoms with Gasteiger partial charge in [0.25, 0.3) is 0 Å². The van der Waals surface area contributed by atoms with Crippen molar-refractivity contribution in [1.29, 1.82) is 0 Å². The zero-order chi connectivity index (χ0) is 17.4. The third-order valence-electron chi connectivity index (χ3n) is 5.21. The predicted molar refractivity (Wildman–Crippen MR) is 106 cm³/mol. The summed E-state index contributed by atoms with van der Waals surface area (Å²) >= 11 is 0. The second kappa shape index (κ2) is 6.36. The van der Waals surface area contributed by atoms with E-state index < -0.39 is 0 Å². The summed E-state index contributed by atoms with van der Waals surface area (Å²) in [6.45, 7) is 3.14.